The summed E-state index contributed by atoms with van der Waals surface area (Å²) in [6.45, 7) is 52.1. The van der Waals surface area contributed by atoms with Crippen molar-refractivity contribution in [1.29, 1.82) is 0 Å². The lowest BCUT2D eigenvalue weighted by Crippen LogP contribution is -2.56. The Bertz CT molecular complexity index is 1960. The molecule has 0 spiro atoms. The first kappa shape index (κ1) is 62.1. The fourth-order valence-electron chi connectivity index (χ4n) is 28.8. The molecule has 18 bridgehead atoms. The molecule has 18 rings (SSSR count). The van der Waals surface area contributed by atoms with Gasteiger partial charge < -0.3 is 0 Å². The van der Waals surface area contributed by atoms with Crippen molar-refractivity contribution in [2.24, 2.45) is 167 Å². The molecule has 0 heteroatoms. The lowest BCUT2D eigenvalue weighted by Gasteiger charge is -2.67. The molecule has 0 nitrogen and oxygen atoms in total. The summed E-state index contributed by atoms with van der Waals surface area (Å²) < 4.78 is 0. The smallest absolute Gasteiger partial charge is 0.0220 e. The van der Waals surface area contributed by atoms with Gasteiger partial charge in [0.15, 0.2) is 0 Å². The summed E-state index contributed by atoms with van der Waals surface area (Å²) in [4.78, 5) is 0. The van der Waals surface area contributed by atoms with Crippen LogP contribution in [-0.2, 0) is 0 Å². The van der Waals surface area contributed by atoms with Crippen LogP contribution in [0, 0.1) is 167 Å². The van der Waals surface area contributed by atoms with Crippen LogP contribution in [0.2, 0.25) is 0 Å². The van der Waals surface area contributed by atoms with Gasteiger partial charge in [0.1, 0.15) is 0 Å². The molecule has 79 heavy (non-hydrogen) atoms. The highest BCUT2D eigenvalue weighted by molar-refractivity contribution is 5.14. The molecule has 0 N–H and O–H groups in total. The van der Waals surface area contributed by atoms with Gasteiger partial charge in [-0.1, -0.05) is 145 Å². The fourth-order valence-corrected chi connectivity index (χ4v) is 28.8. The van der Waals surface area contributed by atoms with Crippen molar-refractivity contribution in [1.82, 2.24) is 0 Å². The summed E-state index contributed by atoms with van der Waals surface area (Å²) in [5.41, 5.74) is 6.92. The molecule has 0 aromatic carbocycles. The Hall–Kier alpha value is 0. The van der Waals surface area contributed by atoms with Gasteiger partial charge in [-0.3, -0.25) is 0 Å². The van der Waals surface area contributed by atoms with Crippen LogP contribution in [-0.4, -0.2) is 0 Å². The Morgan fingerprint density at radius 2 is 0.810 bits per heavy atom. The van der Waals surface area contributed by atoms with Crippen molar-refractivity contribution >= 4 is 0 Å². The average molecular weight is 1090 g/mol. The largest absolute Gasteiger partial charge is 0.0628 e. The van der Waals surface area contributed by atoms with Gasteiger partial charge in [-0.15, -0.1) is 0 Å². The fraction of sp³-hybridized carbons (Fsp3) is 1.00. The maximum absolute atomic E-state index is 2.58. The predicted octanol–water partition coefficient (Wildman–Crippen LogP) is 24.4. The summed E-state index contributed by atoms with van der Waals surface area (Å²) in [5, 5.41) is 0. The Labute approximate surface area is 495 Å². The third-order valence-electron chi connectivity index (χ3n) is 32.4. The van der Waals surface area contributed by atoms with Crippen molar-refractivity contribution in [3.8, 4) is 0 Å². The molecule has 0 aromatic rings. The standard InChI is InChI=1S/C15H26.2C13H22.2C13H24.C12H22/c1-11(2)15-7-12-5-13(3,9-15)8-14(4,6-12)10-15;1-9(2)13-6-10-3-11(7-13)5-12(4-10)8-13;1-8(2)13-11-4-9-3-10(6-11)7-12(13)5-9;1-9(2)11-8-10-6-7-13(11,5)12(10,3)4;1-10(2)9-13(4)11-5-7-12(13,3)8-6-11;1-9(2)12-7-5-10(6-8-12)11(12,3)4/h11-12H,5-10H2,1-4H3;9-12H,3-8H2,1-2H3;8-13H,3-7H2,1-2H3;9-11H,6-8H2,1-5H3;10-11H,5-9H2,1-4H3;9-10H,5-8H2,1-4H3. The quantitative estimate of drug-likeness (QED) is 0.238. The van der Waals surface area contributed by atoms with E-state index in [1.807, 2.05) is 0 Å². The molecule has 18 saturated carbocycles. The third kappa shape index (κ3) is 10.8. The minimum atomic E-state index is 0.613. The Morgan fingerprint density at radius 3 is 1.11 bits per heavy atom. The second-order valence-corrected chi connectivity index (χ2v) is 39.5. The molecule has 0 amide bonds. The minimum absolute atomic E-state index is 0.613. The Balaban J connectivity index is 0.000000107. The highest BCUT2D eigenvalue weighted by atomic mass is 14.7. The van der Waals surface area contributed by atoms with Crippen molar-refractivity contribution in [3.63, 3.8) is 0 Å². The molecule has 6 unspecified atom stereocenters. The number of rotatable bonds is 7. The van der Waals surface area contributed by atoms with E-state index in [0.717, 1.165) is 123 Å². The Morgan fingerprint density at radius 1 is 0.367 bits per heavy atom. The van der Waals surface area contributed by atoms with Crippen LogP contribution in [0.5, 0.6) is 0 Å². The van der Waals surface area contributed by atoms with E-state index in [1.165, 1.54) is 109 Å². The number of hydrogen-bond donors (Lipinski definition) is 0. The predicted molar refractivity (Wildman–Crippen MR) is 344 cm³/mol. The Kier molecular flexibility index (Phi) is 17.0. The SMILES string of the molecule is CC(C)C12CC3CC(C)(CC(C)(C3)C1)C2.CC(C)C12CC3CC(CC(C3)C1)C2.CC(C)C12CCC(CC1)C2(C)C.CC(C)C1C2CC3CC(C2)CC1C3.CC(C)C1CC2CCC1(C)C2(C)C.CC(C)CC1(C)C2CCC1(C)CC2. The number of fused-ring (bicyclic) bond motifs is 6. The molecule has 0 aliphatic heterocycles. The summed E-state index contributed by atoms with van der Waals surface area (Å²) in [7, 11) is 0. The van der Waals surface area contributed by atoms with E-state index in [2.05, 4.69) is 145 Å². The van der Waals surface area contributed by atoms with Gasteiger partial charge >= 0.3 is 0 Å². The lowest BCUT2D eigenvalue weighted by molar-refractivity contribution is -0.162. The van der Waals surface area contributed by atoms with E-state index in [0.29, 0.717) is 43.3 Å². The van der Waals surface area contributed by atoms with Crippen molar-refractivity contribution in [3.05, 3.63) is 0 Å². The maximum atomic E-state index is 2.58. The molecule has 0 radical (unpaired) electrons. The van der Waals surface area contributed by atoms with Crippen LogP contribution in [0.25, 0.3) is 0 Å². The van der Waals surface area contributed by atoms with Gasteiger partial charge in [0.05, 0.1) is 0 Å². The van der Waals surface area contributed by atoms with Crippen LogP contribution >= 0.6 is 0 Å². The molecular weight excluding hydrogens is 949 g/mol. The van der Waals surface area contributed by atoms with Gasteiger partial charge in [-0.05, 0) is 353 Å². The van der Waals surface area contributed by atoms with E-state index >= 15 is 0 Å². The zero-order valence-electron chi connectivity index (χ0n) is 57.5. The van der Waals surface area contributed by atoms with Gasteiger partial charge in [-0.25, -0.2) is 0 Å². The van der Waals surface area contributed by atoms with E-state index in [-0.39, 0.29) is 0 Å². The number of hydrogen-bond acceptors (Lipinski definition) is 0. The molecule has 18 fully saturated rings. The first-order valence-corrected chi connectivity index (χ1v) is 36.6. The summed E-state index contributed by atoms with van der Waals surface area (Å²) >= 11 is 0. The second-order valence-electron chi connectivity index (χ2n) is 39.5. The summed E-state index contributed by atoms with van der Waals surface area (Å²) in [6.07, 6.45) is 44.7. The van der Waals surface area contributed by atoms with E-state index in [9.17, 15) is 0 Å². The topological polar surface area (TPSA) is 0 Å². The first-order chi connectivity index (χ1) is 36.6. The minimum Gasteiger partial charge on any atom is -0.0628 e. The van der Waals surface area contributed by atoms with E-state index in [4.69, 9.17) is 0 Å². The lowest BCUT2D eigenvalue weighted by atomic mass is 9.38. The maximum Gasteiger partial charge on any atom is -0.0220 e. The molecule has 0 saturated heterocycles. The van der Waals surface area contributed by atoms with Crippen LogP contribution in [0.4, 0.5) is 0 Å². The highest BCUT2D eigenvalue weighted by Crippen LogP contribution is 2.73. The summed E-state index contributed by atoms with van der Waals surface area (Å²) in [6, 6.07) is 0. The molecule has 18 aliphatic carbocycles. The van der Waals surface area contributed by atoms with Crippen LogP contribution in [0.15, 0.2) is 0 Å². The van der Waals surface area contributed by atoms with Crippen LogP contribution in [0.1, 0.15) is 332 Å². The second kappa shape index (κ2) is 21.7. The molecule has 18 aliphatic rings. The highest BCUT2D eigenvalue weighted by Gasteiger charge is 2.64. The van der Waals surface area contributed by atoms with E-state index in [1.54, 1.807) is 77.0 Å². The molecule has 6 atom stereocenters. The summed E-state index contributed by atoms with van der Waals surface area (Å²) in [5.74, 6) is 19.7. The van der Waals surface area contributed by atoms with Gasteiger partial charge in [-0.2, -0.15) is 0 Å². The first-order valence-electron chi connectivity index (χ1n) is 36.6. The van der Waals surface area contributed by atoms with Crippen LogP contribution in [0.3, 0.4) is 0 Å². The third-order valence-corrected chi connectivity index (χ3v) is 32.4. The van der Waals surface area contributed by atoms with Crippen LogP contribution < -0.4 is 0 Å². The molecule has 0 heterocycles. The van der Waals surface area contributed by atoms with Gasteiger partial charge in [0, 0.05) is 0 Å². The molecule has 0 aromatic heterocycles. The van der Waals surface area contributed by atoms with Crippen molar-refractivity contribution in [2.45, 2.75) is 332 Å². The normalized spacial score (nSPS) is 51.2. The molecule has 456 valence electrons. The van der Waals surface area contributed by atoms with Crippen molar-refractivity contribution < 1.29 is 0 Å². The zero-order chi connectivity index (χ0) is 57.5. The van der Waals surface area contributed by atoms with E-state index < -0.39 is 0 Å². The zero-order valence-corrected chi connectivity index (χ0v) is 57.5. The van der Waals surface area contributed by atoms with Gasteiger partial charge in [0.25, 0.3) is 0 Å². The molecular formula is C79H140. The van der Waals surface area contributed by atoms with Crippen molar-refractivity contribution in [2.75, 3.05) is 0 Å². The van der Waals surface area contributed by atoms with Gasteiger partial charge in [0.2, 0.25) is 0 Å². The monoisotopic (exact) mass is 1090 g/mol. The average Bonchev–Trinajstić information content (AvgIpc) is 4.15.